The number of aromatic nitrogens is 1. The number of imide groups is 1. The number of aryl methyl sites for hydroxylation is 1. The minimum atomic E-state index is -4.08. The summed E-state index contributed by atoms with van der Waals surface area (Å²) in [4.78, 5) is 39.2. The molecular weight excluding hydrogens is 482 g/mol. The monoisotopic (exact) mass is 503 g/mol. The maximum Gasteiger partial charge on any atom is 0.419 e. The molecule has 1 atom stereocenters. The molecule has 3 heterocycles. The Kier molecular flexibility index (Phi) is 4.99. The van der Waals surface area contributed by atoms with Crippen LogP contribution in [-0.4, -0.2) is 47.1 Å². The third-order valence-electron chi connectivity index (χ3n) is 6.97. The van der Waals surface area contributed by atoms with E-state index in [2.05, 4.69) is 0 Å². The smallest absolute Gasteiger partial charge is 0.408 e. The molecule has 0 bridgehead atoms. The Bertz CT molecular complexity index is 1700. The summed E-state index contributed by atoms with van der Waals surface area (Å²) < 4.78 is 35.7. The molecule has 9 nitrogen and oxygen atoms in total. The van der Waals surface area contributed by atoms with Gasteiger partial charge in [-0.05, 0) is 41.8 Å². The summed E-state index contributed by atoms with van der Waals surface area (Å²) in [5.41, 5.74) is 2.98. The van der Waals surface area contributed by atoms with Crippen molar-refractivity contribution in [3.05, 3.63) is 99.5 Å². The molecule has 2 amide bonds. The molecule has 2 aliphatic heterocycles. The Morgan fingerprint density at radius 3 is 2.31 bits per heavy atom. The van der Waals surface area contributed by atoms with Gasteiger partial charge in [0.25, 0.3) is 11.8 Å². The first kappa shape index (κ1) is 22.4. The normalized spacial score (nSPS) is 18.0. The second-order valence-corrected chi connectivity index (χ2v) is 10.8. The van der Waals surface area contributed by atoms with Crippen LogP contribution in [0.3, 0.4) is 0 Å². The van der Waals surface area contributed by atoms with E-state index in [1.165, 1.54) is 27.1 Å². The average molecular weight is 504 g/mol. The van der Waals surface area contributed by atoms with E-state index in [-0.39, 0.29) is 23.6 Å². The largest absolute Gasteiger partial charge is 0.419 e. The average Bonchev–Trinajstić information content (AvgIpc) is 3.31. The van der Waals surface area contributed by atoms with Crippen molar-refractivity contribution in [2.75, 3.05) is 13.1 Å². The van der Waals surface area contributed by atoms with Crippen LogP contribution in [0.5, 0.6) is 0 Å². The lowest BCUT2D eigenvalue weighted by Crippen LogP contribution is -2.46. The number of oxazole rings is 1. The van der Waals surface area contributed by atoms with Crippen LogP contribution in [-0.2, 0) is 23.5 Å². The van der Waals surface area contributed by atoms with Gasteiger partial charge in [0.05, 0.1) is 34.1 Å². The summed E-state index contributed by atoms with van der Waals surface area (Å²) in [6.45, 7) is 0.0508. The molecule has 0 unspecified atom stereocenters. The van der Waals surface area contributed by atoms with Gasteiger partial charge in [-0.15, -0.1) is 0 Å². The van der Waals surface area contributed by atoms with Crippen LogP contribution >= 0.6 is 0 Å². The van der Waals surface area contributed by atoms with Crippen molar-refractivity contribution in [2.24, 2.45) is 7.05 Å². The number of carbonyl (C=O) groups excluding carboxylic acids is 2. The zero-order valence-corrected chi connectivity index (χ0v) is 20.1. The zero-order chi connectivity index (χ0) is 25.2. The zero-order valence-electron chi connectivity index (χ0n) is 19.2. The van der Waals surface area contributed by atoms with Gasteiger partial charge in [-0.25, -0.2) is 13.2 Å². The molecular formula is C26H21N3O6S. The molecule has 0 saturated heterocycles. The Labute approximate surface area is 206 Å². The third-order valence-corrected chi connectivity index (χ3v) is 8.87. The van der Waals surface area contributed by atoms with Gasteiger partial charge < -0.3 is 4.42 Å². The van der Waals surface area contributed by atoms with Crippen LogP contribution in [0.1, 0.15) is 37.9 Å². The fourth-order valence-electron chi connectivity index (χ4n) is 5.09. The van der Waals surface area contributed by atoms with Crippen molar-refractivity contribution in [1.82, 2.24) is 13.8 Å². The fourth-order valence-corrected chi connectivity index (χ4v) is 6.71. The Balaban J connectivity index is 1.43. The number of rotatable bonds is 4. The van der Waals surface area contributed by atoms with E-state index >= 15 is 0 Å². The highest BCUT2D eigenvalue weighted by Gasteiger charge is 2.42. The van der Waals surface area contributed by atoms with Crippen molar-refractivity contribution in [1.29, 1.82) is 0 Å². The molecule has 2 aliphatic rings. The molecule has 3 aromatic carbocycles. The molecule has 6 rings (SSSR count). The van der Waals surface area contributed by atoms with Gasteiger partial charge in [-0.1, -0.05) is 36.4 Å². The van der Waals surface area contributed by atoms with Crippen LogP contribution in [0.2, 0.25) is 0 Å². The molecule has 10 heteroatoms. The number of nitrogens with zero attached hydrogens (tertiary/aromatic N) is 3. The van der Waals surface area contributed by atoms with Crippen LogP contribution in [0.4, 0.5) is 0 Å². The minimum absolute atomic E-state index is 0.0314. The van der Waals surface area contributed by atoms with Gasteiger partial charge in [0, 0.05) is 19.7 Å². The highest BCUT2D eigenvalue weighted by atomic mass is 32.2. The summed E-state index contributed by atoms with van der Waals surface area (Å²) >= 11 is 0. The summed E-state index contributed by atoms with van der Waals surface area (Å²) in [6.07, 6.45) is 0.483. The first-order valence-electron chi connectivity index (χ1n) is 11.4. The highest BCUT2D eigenvalue weighted by Crippen LogP contribution is 2.37. The second-order valence-electron chi connectivity index (χ2n) is 8.90. The van der Waals surface area contributed by atoms with Gasteiger partial charge >= 0.3 is 5.76 Å². The lowest BCUT2D eigenvalue weighted by Gasteiger charge is -2.37. The molecule has 0 saturated carbocycles. The number of hydrogen-bond donors (Lipinski definition) is 0. The van der Waals surface area contributed by atoms with Crippen molar-refractivity contribution in [2.45, 2.75) is 17.4 Å². The molecule has 36 heavy (non-hydrogen) atoms. The van der Waals surface area contributed by atoms with Crippen molar-refractivity contribution < 1.29 is 22.4 Å². The first-order valence-corrected chi connectivity index (χ1v) is 12.9. The number of fused-ring (bicyclic) bond motifs is 3. The number of hydrogen-bond acceptors (Lipinski definition) is 6. The number of amides is 2. The van der Waals surface area contributed by atoms with E-state index in [4.69, 9.17) is 4.42 Å². The second kappa shape index (κ2) is 8.00. The summed E-state index contributed by atoms with van der Waals surface area (Å²) in [5, 5.41) is 0. The van der Waals surface area contributed by atoms with E-state index in [1.807, 2.05) is 24.3 Å². The number of sulfonamides is 1. The third kappa shape index (κ3) is 3.25. The molecule has 4 aromatic rings. The molecule has 0 fully saturated rings. The first-order chi connectivity index (χ1) is 17.3. The Hall–Kier alpha value is -4.02. The predicted molar refractivity (Wildman–Crippen MR) is 130 cm³/mol. The summed E-state index contributed by atoms with van der Waals surface area (Å²) in [5.74, 6) is -1.47. The SMILES string of the molecule is Cn1c(=O)oc2cc(S(=O)(=O)N3CCc4ccccc4[C@H]3CN3C(=O)c4ccccc4C3=O)ccc21. The van der Waals surface area contributed by atoms with Crippen molar-refractivity contribution in [3.63, 3.8) is 0 Å². The molecule has 0 aliphatic carbocycles. The van der Waals surface area contributed by atoms with Gasteiger partial charge in [0.15, 0.2) is 5.58 Å². The highest BCUT2D eigenvalue weighted by molar-refractivity contribution is 7.89. The fraction of sp³-hybridized carbons (Fsp3) is 0.192. The molecule has 0 radical (unpaired) electrons. The van der Waals surface area contributed by atoms with Crippen LogP contribution in [0.25, 0.3) is 11.1 Å². The standard InChI is InChI=1S/C26H21N3O6S/c1-27-21-11-10-17(14-23(21)35-26(27)32)36(33,34)29-13-12-16-6-2-3-7-18(16)22(29)15-28-24(30)19-8-4-5-9-20(19)25(28)31/h2-11,14,22H,12-13,15H2,1H3/t22-/m1/s1. The van der Waals surface area contributed by atoms with E-state index in [0.717, 1.165) is 16.0 Å². The number of benzene rings is 3. The molecule has 1 aromatic heterocycles. The van der Waals surface area contributed by atoms with Crippen molar-refractivity contribution >= 4 is 32.9 Å². The molecule has 182 valence electrons. The minimum Gasteiger partial charge on any atom is -0.408 e. The molecule has 0 spiro atoms. The van der Waals surface area contributed by atoms with Gasteiger partial charge in [0.1, 0.15) is 0 Å². The van der Waals surface area contributed by atoms with Gasteiger partial charge in [-0.3, -0.25) is 19.1 Å². The predicted octanol–water partition coefficient (Wildman–Crippen LogP) is 2.72. The maximum absolute atomic E-state index is 13.9. The van der Waals surface area contributed by atoms with E-state index < -0.39 is 33.6 Å². The summed E-state index contributed by atoms with van der Waals surface area (Å²) in [6, 6.07) is 17.6. The van der Waals surface area contributed by atoms with Gasteiger partial charge in [0.2, 0.25) is 10.0 Å². The van der Waals surface area contributed by atoms with Crippen LogP contribution in [0.15, 0.2) is 80.8 Å². The van der Waals surface area contributed by atoms with Crippen LogP contribution < -0.4 is 5.76 Å². The summed E-state index contributed by atoms with van der Waals surface area (Å²) in [7, 11) is -2.54. The Morgan fingerprint density at radius 2 is 1.58 bits per heavy atom. The van der Waals surface area contributed by atoms with Gasteiger partial charge in [-0.2, -0.15) is 4.31 Å². The van der Waals surface area contributed by atoms with Crippen LogP contribution in [0, 0.1) is 0 Å². The maximum atomic E-state index is 13.9. The van der Waals surface area contributed by atoms with Crippen molar-refractivity contribution in [3.8, 4) is 0 Å². The molecule has 0 N–H and O–H groups in total. The Morgan fingerprint density at radius 1 is 0.917 bits per heavy atom. The quantitative estimate of drug-likeness (QED) is 0.396. The van der Waals surface area contributed by atoms with E-state index in [9.17, 15) is 22.8 Å². The number of carbonyl (C=O) groups is 2. The van der Waals surface area contributed by atoms with E-state index in [0.29, 0.717) is 23.1 Å². The topological polar surface area (TPSA) is 110 Å². The lowest BCUT2D eigenvalue weighted by atomic mass is 9.94. The lowest BCUT2D eigenvalue weighted by molar-refractivity contribution is 0.0616. The van der Waals surface area contributed by atoms with E-state index in [1.54, 1.807) is 31.3 Å².